The summed E-state index contributed by atoms with van der Waals surface area (Å²) < 4.78 is 7.71. The van der Waals surface area contributed by atoms with Gasteiger partial charge in [0.25, 0.3) is 0 Å². The summed E-state index contributed by atoms with van der Waals surface area (Å²) in [4.78, 5) is 7.22. The fourth-order valence-electron chi connectivity index (χ4n) is 3.05. The lowest BCUT2D eigenvalue weighted by atomic mass is 10.1. The van der Waals surface area contributed by atoms with Crippen LogP contribution in [-0.4, -0.2) is 47.3 Å². The van der Waals surface area contributed by atoms with Crippen molar-refractivity contribution in [3.05, 3.63) is 29.1 Å². The lowest BCUT2D eigenvalue weighted by Crippen LogP contribution is -2.38. The van der Waals surface area contributed by atoms with E-state index in [1.807, 2.05) is 6.92 Å². The summed E-state index contributed by atoms with van der Waals surface area (Å²) >= 11 is 0. The second-order valence-electron chi connectivity index (χ2n) is 6.29. The Kier molecular flexibility index (Phi) is 4.47. The van der Waals surface area contributed by atoms with Gasteiger partial charge in [-0.15, -0.1) is 0 Å². The molecule has 0 bridgehead atoms. The number of fused-ring (bicyclic) bond motifs is 1. The van der Waals surface area contributed by atoms with E-state index >= 15 is 0 Å². The summed E-state index contributed by atoms with van der Waals surface area (Å²) in [5.74, 6) is 0.980. The van der Waals surface area contributed by atoms with E-state index in [1.165, 1.54) is 16.6 Å². The number of ether oxygens (including phenoxy) is 1. The zero-order valence-corrected chi connectivity index (χ0v) is 13.8. The number of rotatable bonds is 4. The third-order valence-corrected chi connectivity index (χ3v) is 4.54. The summed E-state index contributed by atoms with van der Waals surface area (Å²) in [7, 11) is 0. The lowest BCUT2D eigenvalue weighted by molar-refractivity contribution is 0.0364. The summed E-state index contributed by atoms with van der Waals surface area (Å²) in [5, 5.41) is 0. The molecule has 0 spiro atoms. The minimum absolute atomic E-state index is 0.0577. The molecule has 0 radical (unpaired) electrons. The van der Waals surface area contributed by atoms with Crippen molar-refractivity contribution in [2.24, 2.45) is 5.73 Å². The smallest absolute Gasteiger partial charge is 0.126 e. The molecule has 120 valence electrons. The highest BCUT2D eigenvalue weighted by Gasteiger charge is 2.16. The summed E-state index contributed by atoms with van der Waals surface area (Å²) in [6, 6.07) is 4.35. The van der Waals surface area contributed by atoms with Gasteiger partial charge in [0, 0.05) is 26.2 Å². The van der Waals surface area contributed by atoms with Gasteiger partial charge in [0.2, 0.25) is 0 Å². The van der Waals surface area contributed by atoms with E-state index < -0.39 is 0 Å². The molecule has 0 saturated carbocycles. The molecule has 5 nitrogen and oxygen atoms in total. The van der Waals surface area contributed by atoms with E-state index in [-0.39, 0.29) is 6.04 Å². The Morgan fingerprint density at radius 1 is 1.18 bits per heavy atom. The maximum Gasteiger partial charge on any atom is 0.126 e. The first kappa shape index (κ1) is 15.5. The van der Waals surface area contributed by atoms with E-state index in [0.717, 1.165) is 50.7 Å². The number of benzene rings is 1. The van der Waals surface area contributed by atoms with E-state index in [2.05, 4.69) is 35.4 Å². The van der Waals surface area contributed by atoms with E-state index in [9.17, 15) is 0 Å². The molecule has 2 heterocycles. The van der Waals surface area contributed by atoms with Crippen LogP contribution in [0.5, 0.6) is 0 Å². The third-order valence-electron chi connectivity index (χ3n) is 4.54. The van der Waals surface area contributed by atoms with Gasteiger partial charge in [-0.2, -0.15) is 0 Å². The van der Waals surface area contributed by atoms with Crippen LogP contribution in [0, 0.1) is 13.8 Å². The molecule has 2 N–H and O–H groups in total. The first-order valence-electron chi connectivity index (χ1n) is 8.09. The highest BCUT2D eigenvalue weighted by atomic mass is 16.5. The van der Waals surface area contributed by atoms with Crippen LogP contribution in [0.25, 0.3) is 11.0 Å². The van der Waals surface area contributed by atoms with Crippen LogP contribution in [0.4, 0.5) is 0 Å². The molecule has 1 aliphatic rings. The molecular weight excluding hydrogens is 276 g/mol. The maximum atomic E-state index is 6.15. The number of aromatic nitrogens is 2. The van der Waals surface area contributed by atoms with Gasteiger partial charge in [0.05, 0.1) is 30.3 Å². The van der Waals surface area contributed by atoms with Crippen LogP contribution in [0.3, 0.4) is 0 Å². The molecule has 1 saturated heterocycles. The van der Waals surface area contributed by atoms with Crippen molar-refractivity contribution >= 4 is 11.0 Å². The van der Waals surface area contributed by atoms with Crippen molar-refractivity contribution in [1.82, 2.24) is 14.5 Å². The fraction of sp³-hybridized carbons (Fsp3) is 0.588. The second kappa shape index (κ2) is 6.36. The zero-order valence-electron chi connectivity index (χ0n) is 13.8. The van der Waals surface area contributed by atoms with Crippen molar-refractivity contribution in [1.29, 1.82) is 0 Å². The first-order valence-corrected chi connectivity index (χ1v) is 8.09. The molecule has 1 atom stereocenters. The quantitative estimate of drug-likeness (QED) is 0.938. The standard InChI is InChI=1S/C17H26N4O/c1-12-10-15-16(11-13(12)2)21(17(19-15)14(3)18)5-4-20-6-8-22-9-7-20/h10-11,14H,4-9,18H2,1-3H3. The van der Waals surface area contributed by atoms with Gasteiger partial charge in [-0.1, -0.05) is 0 Å². The number of nitrogens with two attached hydrogens (primary N) is 1. The topological polar surface area (TPSA) is 56.3 Å². The lowest BCUT2D eigenvalue weighted by Gasteiger charge is -2.27. The predicted molar refractivity (Wildman–Crippen MR) is 89.1 cm³/mol. The summed E-state index contributed by atoms with van der Waals surface area (Å²) in [6.45, 7) is 11.9. The van der Waals surface area contributed by atoms with Crippen molar-refractivity contribution in [2.75, 3.05) is 32.8 Å². The van der Waals surface area contributed by atoms with Crippen molar-refractivity contribution in [2.45, 2.75) is 33.4 Å². The Bertz CT molecular complexity index is 656. The summed E-state index contributed by atoms with van der Waals surface area (Å²) in [6.07, 6.45) is 0. The Morgan fingerprint density at radius 2 is 1.86 bits per heavy atom. The van der Waals surface area contributed by atoms with E-state index in [0.29, 0.717) is 0 Å². The molecule has 1 aliphatic heterocycles. The SMILES string of the molecule is Cc1cc2nc(C(C)N)n(CCN3CCOCC3)c2cc1C. The molecule has 1 aromatic heterocycles. The van der Waals surface area contributed by atoms with Gasteiger partial charge < -0.3 is 15.0 Å². The molecule has 22 heavy (non-hydrogen) atoms. The van der Waals surface area contributed by atoms with Crippen molar-refractivity contribution in [3.63, 3.8) is 0 Å². The Balaban J connectivity index is 1.91. The normalized spacial score (nSPS) is 18.0. The summed E-state index contributed by atoms with van der Waals surface area (Å²) in [5.41, 5.74) is 11.0. The van der Waals surface area contributed by atoms with Crippen molar-refractivity contribution in [3.8, 4) is 0 Å². The molecule has 1 aromatic carbocycles. The Labute approximate surface area is 132 Å². The predicted octanol–water partition coefficient (Wildman–Crippen LogP) is 2.01. The number of aryl methyl sites for hydroxylation is 2. The fourth-order valence-corrected chi connectivity index (χ4v) is 3.05. The number of hydrogen-bond acceptors (Lipinski definition) is 4. The highest BCUT2D eigenvalue weighted by molar-refractivity contribution is 5.78. The highest BCUT2D eigenvalue weighted by Crippen LogP contribution is 2.23. The monoisotopic (exact) mass is 302 g/mol. The van der Waals surface area contributed by atoms with Crippen LogP contribution in [0.2, 0.25) is 0 Å². The molecule has 0 amide bonds. The average Bonchev–Trinajstić information content (AvgIpc) is 2.85. The maximum absolute atomic E-state index is 6.15. The Morgan fingerprint density at radius 3 is 2.55 bits per heavy atom. The molecule has 2 aromatic rings. The average molecular weight is 302 g/mol. The van der Waals surface area contributed by atoms with Gasteiger partial charge in [-0.25, -0.2) is 4.98 Å². The van der Waals surface area contributed by atoms with Crippen LogP contribution in [0.1, 0.15) is 29.9 Å². The molecule has 5 heteroatoms. The number of imidazole rings is 1. The minimum atomic E-state index is -0.0577. The number of morpholine rings is 1. The molecule has 0 aliphatic carbocycles. The zero-order chi connectivity index (χ0) is 15.7. The first-order chi connectivity index (χ1) is 10.6. The Hall–Kier alpha value is -1.43. The van der Waals surface area contributed by atoms with Crippen LogP contribution in [-0.2, 0) is 11.3 Å². The van der Waals surface area contributed by atoms with Crippen LogP contribution in [0.15, 0.2) is 12.1 Å². The number of nitrogens with zero attached hydrogens (tertiary/aromatic N) is 3. The van der Waals surface area contributed by atoms with Gasteiger partial charge in [0.1, 0.15) is 5.82 Å². The second-order valence-corrected chi connectivity index (χ2v) is 6.29. The van der Waals surface area contributed by atoms with E-state index in [4.69, 9.17) is 15.5 Å². The molecule has 1 unspecified atom stereocenters. The van der Waals surface area contributed by atoms with Crippen molar-refractivity contribution < 1.29 is 4.74 Å². The molecule has 3 rings (SSSR count). The van der Waals surface area contributed by atoms with Gasteiger partial charge in [0.15, 0.2) is 0 Å². The van der Waals surface area contributed by atoms with E-state index in [1.54, 1.807) is 0 Å². The third kappa shape index (κ3) is 3.02. The largest absolute Gasteiger partial charge is 0.379 e. The van der Waals surface area contributed by atoms with Gasteiger partial charge >= 0.3 is 0 Å². The molecule has 1 fully saturated rings. The van der Waals surface area contributed by atoms with Crippen LogP contribution >= 0.6 is 0 Å². The van der Waals surface area contributed by atoms with Crippen LogP contribution < -0.4 is 5.73 Å². The minimum Gasteiger partial charge on any atom is -0.379 e. The van der Waals surface area contributed by atoms with Gasteiger partial charge in [-0.3, -0.25) is 4.90 Å². The number of hydrogen-bond donors (Lipinski definition) is 1. The van der Waals surface area contributed by atoms with Gasteiger partial charge in [-0.05, 0) is 44.0 Å². The molecular formula is C17H26N4O.